The van der Waals surface area contributed by atoms with Crippen LogP contribution in [0.3, 0.4) is 0 Å². The van der Waals surface area contributed by atoms with E-state index < -0.39 is 0 Å². The molecule has 0 aliphatic carbocycles. The molecule has 0 aliphatic heterocycles. The summed E-state index contributed by atoms with van der Waals surface area (Å²) < 4.78 is 13.9. The maximum atomic E-state index is 13.1. The molecule has 0 heterocycles. The summed E-state index contributed by atoms with van der Waals surface area (Å²) in [5.41, 5.74) is 7.82. The zero-order valence-electron chi connectivity index (χ0n) is 9.28. The SMILES string of the molecule is NC(=S)c1ccc(Nc2cccc(F)c2)c(Br)c1. The molecule has 0 atom stereocenters. The monoisotopic (exact) mass is 324 g/mol. The Morgan fingerprint density at radius 1 is 1.22 bits per heavy atom. The molecule has 0 saturated heterocycles. The number of rotatable bonds is 3. The summed E-state index contributed by atoms with van der Waals surface area (Å²) >= 11 is 8.32. The van der Waals surface area contributed by atoms with Crippen LogP contribution in [0.25, 0.3) is 0 Å². The van der Waals surface area contributed by atoms with Crippen LogP contribution in [-0.4, -0.2) is 4.99 Å². The third-order valence-corrected chi connectivity index (χ3v) is 3.25. The fourth-order valence-electron chi connectivity index (χ4n) is 1.49. The van der Waals surface area contributed by atoms with Crippen LogP contribution in [0, 0.1) is 5.82 Å². The van der Waals surface area contributed by atoms with Crippen molar-refractivity contribution in [2.24, 2.45) is 5.73 Å². The van der Waals surface area contributed by atoms with Crippen LogP contribution in [0.1, 0.15) is 5.56 Å². The summed E-state index contributed by atoms with van der Waals surface area (Å²) in [7, 11) is 0. The number of nitrogens with two attached hydrogens (primary N) is 1. The van der Waals surface area contributed by atoms with Crippen LogP contribution in [0.4, 0.5) is 15.8 Å². The van der Waals surface area contributed by atoms with E-state index in [4.69, 9.17) is 18.0 Å². The summed E-state index contributed by atoms with van der Waals surface area (Å²) in [6.45, 7) is 0. The molecule has 0 spiro atoms. The van der Waals surface area contributed by atoms with Gasteiger partial charge in [-0.2, -0.15) is 0 Å². The molecule has 2 nitrogen and oxygen atoms in total. The topological polar surface area (TPSA) is 38.0 Å². The number of hydrogen-bond acceptors (Lipinski definition) is 2. The molecule has 2 aromatic rings. The Labute approximate surface area is 118 Å². The maximum absolute atomic E-state index is 13.1. The highest BCUT2D eigenvalue weighted by Gasteiger charge is 2.04. The Morgan fingerprint density at radius 2 is 2.00 bits per heavy atom. The smallest absolute Gasteiger partial charge is 0.125 e. The standard InChI is InChI=1S/C13H10BrFN2S/c14-11-6-8(13(16)18)4-5-12(11)17-10-3-1-2-9(15)7-10/h1-7,17H,(H2,16,18). The van der Waals surface area contributed by atoms with Gasteiger partial charge in [0.2, 0.25) is 0 Å². The first-order chi connectivity index (χ1) is 8.56. The molecule has 92 valence electrons. The van der Waals surface area contributed by atoms with Crippen LogP contribution in [0.2, 0.25) is 0 Å². The van der Waals surface area contributed by atoms with Crippen molar-refractivity contribution in [3.8, 4) is 0 Å². The summed E-state index contributed by atoms with van der Waals surface area (Å²) in [6, 6.07) is 11.7. The molecule has 0 unspecified atom stereocenters. The van der Waals surface area contributed by atoms with Gasteiger partial charge in [-0.3, -0.25) is 0 Å². The van der Waals surface area contributed by atoms with Crippen molar-refractivity contribution in [2.45, 2.75) is 0 Å². The van der Waals surface area contributed by atoms with Gasteiger partial charge in [0.1, 0.15) is 10.8 Å². The molecule has 0 amide bonds. The molecule has 0 fully saturated rings. The van der Waals surface area contributed by atoms with E-state index >= 15 is 0 Å². The highest BCUT2D eigenvalue weighted by atomic mass is 79.9. The minimum absolute atomic E-state index is 0.282. The van der Waals surface area contributed by atoms with Gasteiger partial charge < -0.3 is 11.1 Å². The van der Waals surface area contributed by atoms with Crippen LogP contribution in [-0.2, 0) is 0 Å². The lowest BCUT2D eigenvalue weighted by Crippen LogP contribution is -2.09. The second-order valence-corrected chi connectivity index (χ2v) is 4.99. The van der Waals surface area contributed by atoms with E-state index in [1.165, 1.54) is 12.1 Å². The highest BCUT2D eigenvalue weighted by molar-refractivity contribution is 9.10. The summed E-state index contributed by atoms with van der Waals surface area (Å²) in [6.07, 6.45) is 0. The van der Waals surface area contributed by atoms with Gasteiger partial charge in [-0.15, -0.1) is 0 Å². The predicted molar refractivity (Wildman–Crippen MR) is 79.7 cm³/mol. The van der Waals surface area contributed by atoms with Gasteiger partial charge in [0, 0.05) is 15.7 Å². The summed E-state index contributed by atoms with van der Waals surface area (Å²) in [4.78, 5) is 0.341. The van der Waals surface area contributed by atoms with Gasteiger partial charge in [0.25, 0.3) is 0 Å². The van der Waals surface area contributed by atoms with Gasteiger partial charge in [-0.25, -0.2) is 4.39 Å². The molecule has 0 aliphatic rings. The van der Waals surface area contributed by atoms with Crippen molar-refractivity contribution in [1.29, 1.82) is 0 Å². The molecular formula is C13H10BrFN2S. The largest absolute Gasteiger partial charge is 0.389 e. The molecular weight excluding hydrogens is 315 g/mol. The maximum Gasteiger partial charge on any atom is 0.125 e. The molecule has 5 heteroatoms. The summed E-state index contributed by atoms with van der Waals surface area (Å²) in [5.74, 6) is -0.282. The lowest BCUT2D eigenvalue weighted by atomic mass is 10.2. The Balaban J connectivity index is 2.27. The Bertz CT molecular complexity index is 601. The lowest BCUT2D eigenvalue weighted by Gasteiger charge is -2.10. The zero-order valence-corrected chi connectivity index (χ0v) is 11.7. The molecule has 2 aromatic carbocycles. The second-order valence-electron chi connectivity index (χ2n) is 3.69. The van der Waals surface area contributed by atoms with Crippen molar-refractivity contribution in [1.82, 2.24) is 0 Å². The third kappa shape index (κ3) is 3.05. The third-order valence-electron chi connectivity index (χ3n) is 2.36. The van der Waals surface area contributed by atoms with Crippen LogP contribution < -0.4 is 11.1 Å². The van der Waals surface area contributed by atoms with E-state index in [-0.39, 0.29) is 5.82 Å². The summed E-state index contributed by atoms with van der Waals surface area (Å²) in [5, 5.41) is 3.11. The first-order valence-electron chi connectivity index (χ1n) is 5.18. The Morgan fingerprint density at radius 3 is 2.61 bits per heavy atom. The average molecular weight is 325 g/mol. The molecule has 18 heavy (non-hydrogen) atoms. The first-order valence-corrected chi connectivity index (χ1v) is 6.38. The lowest BCUT2D eigenvalue weighted by molar-refractivity contribution is 0.628. The number of thiocarbonyl (C=S) groups is 1. The van der Waals surface area contributed by atoms with Crippen LogP contribution >= 0.6 is 28.1 Å². The molecule has 3 N–H and O–H groups in total. The van der Waals surface area contributed by atoms with Crippen molar-refractivity contribution in [3.05, 3.63) is 58.3 Å². The average Bonchev–Trinajstić information content (AvgIpc) is 2.31. The predicted octanol–water partition coefficient (Wildman–Crippen LogP) is 3.97. The van der Waals surface area contributed by atoms with Gasteiger partial charge in [-0.1, -0.05) is 18.3 Å². The first kappa shape index (κ1) is 13.0. The van der Waals surface area contributed by atoms with Crippen molar-refractivity contribution in [2.75, 3.05) is 5.32 Å². The fourth-order valence-corrected chi connectivity index (χ4v) is 2.10. The number of benzene rings is 2. The molecule has 0 aromatic heterocycles. The van der Waals surface area contributed by atoms with Gasteiger partial charge in [0.15, 0.2) is 0 Å². The van der Waals surface area contributed by atoms with E-state index in [0.717, 1.165) is 15.7 Å². The van der Waals surface area contributed by atoms with Crippen molar-refractivity contribution >= 4 is 44.5 Å². The minimum atomic E-state index is -0.282. The minimum Gasteiger partial charge on any atom is -0.389 e. The zero-order chi connectivity index (χ0) is 13.1. The molecule has 0 saturated carbocycles. The number of hydrogen-bond donors (Lipinski definition) is 2. The van der Waals surface area contributed by atoms with E-state index in [1.54, 1.807) is 12.1 Å². The van der Waals surface area contributed by atoms with Gasteiger partial charge >= 0.3 is 0 Å². The van der Waals surface area contributed by atoms with E-state index in [9.17, 15) is 4.39 Å². The van der Waals surface area contributed by atoms with Crippen molar-refractivity contribution < 1.29 is 4.39 Å². The number of nitrogens with one attached hydrogen (secondary N) is 1. The highest BCUT2D eigenvalue weighted by Crippen LogP contribution is 2.27. The second kappa shape index (κ2) is 5.46. The van der Waals surface area contributed by atoms with Crippen LogP contribution in [0.15, 0.2) is 46.9 Å². The van der Waals surface area contributed by atoms with Crippen LogP contribution in [0.5, 0.6) is 0 Å². The van der Waals surface area contributed by atoms with E-state index in [1.807, 2.05) is 18.2 Å². The Hall–Kier alpha value is -1.46. The fraction of sp³-hybridized carbons (Fsp3) is 0. The molecule has 0 bridgehead atoms. The van der Waals surface area contributed by atoms with E-state index in [0.29, 0.717) is 10.7 Å². The normalized spacial score (nSPS) is 10.1. The van der Waals surface area contributed by atoms with E-state index in [2.05, 4.69) is 21.2 Å². The van der Waals surface area contributed by atoms with Gasteiger partial charge in [-0.05, 0) is 52.3 Å². The molecule has 0 radical (unpaired) electrons. The van der Waals surface area contributed by atoms with Gasteiger partial charge in [0.05, 0.1) is 5.69 Å². The quantitative estimate of drug-likeness (QED) is 0.839. The number of halogens is 2. The molecule has 2 rings (SSSR count). The van der Waals surface area contributed by atoms with Crippen molar-refractivity contribution in [3.63, 3.8) is 0 Å². The number of anilines is 2. The Kier molecular flexibility index (Phi) is 3.93.